The van der Waals surface area contributed by atoms with E-state index >= 15 is 0 Å². The van der Waals surface area contributed by atoms with Crippen LogP contribution < -0.4 is 19.5 Å². The van der Waals surface area contributed by atoms with E-state index in [0.717, 1.165) is 12.0 Å². The first-order chi connectivity index (χ1) is 11.5. The van der Waals surface area contributed by atoms with Gasteiger partial charge in [-0.25, -0.2) is 4.39 Å². The van der Waals surface area contributed by atoms with Crippen LogP contribution in [0.15, 0.2) is 36.4 Å². The van der Waals surface area contributed by atoms with E-state index in [2.05, 4.69) is 13.8 Å². The van der Waals surface area contributed by atoms with E-state index in [0.29, 0.717) is 22.6 Å². The lowest BCUT2D eigenvalue weighted by Gasteiger charge is -2.31. The zero-order valence-electron chi connectivity index (χ0n) is 14.8. The zero-order valence-corrected chi connectivity index (χ0v) is 15.8. The number of hydrogen-bond acceptors (Lipinski definition) is 3. The quantitative estimate of drug-likeness (QED) is 0.689. The summed E-state index contributed by atoms with van der Waals surface area (Å²) in [7, 11) is 5.09. The number of hydrogen-bond donors (Lipinski definition) is 0. The van der Waals surface area contributed by atoms with E-state index in [1.54, 1.807) is 33.5 Å². The average Bonchev–Trinajstić information content (AvgIpc) is 2.62. The van der Waals surface area contributed by atoms with Crippen molar-refractivity contribution in [3.05, 3.63) is 47.8 Å². The summed E-state index contributed by atoms with van der Waals surface area (Å²) in [5, 5.41) is 0.417. The average molecular weight is 350 g/mol. The summed E-state index contributed by atoms with van der Waals surface area (Å²) in [4.78, 5) is 0. The van der Waals surface area contributed by atoms with Gasteiger partial charge in [0.25, 0.3) is 0 Å². The van der Waals surface area contributed by atoms with Crippen molar-refractivity contribution < 1.29 is 18.6 Å². The molecular formula is C19H24FO3P. The molecule has 2 atom stereocenters. The van der Waals surface area contributed by atoms with E-state index in [1.807, 2.05) is 18.2 Å². The molecule has 2 aromatic carbocycles. The molecular weight excluding hydrogens is 326 g/mol. The molecule has 5 heteroatoms. The van der Waals surface area contributed by atoms with Crippen molar-refractivity contribution in [3.8, 4) is 17.2 Å². The Morgan fingerprint density at radius 3 is 2.29 bits per heavy atom. The first kappa shape index (κ1) is 18.5. The van der Waals surface area contributed by atoms with Gasteiger partial charge in [-0.2, -0.15) is 0 Å². The highest BCUT2D eigenvalue weighted by atomic mass is 31.1. The standard InChI is InChI=1S/C19H24FO3P/c1-6-19(2,24-17-10-8-7-9-15(17)20)14-11-13(21-3)12-16(22-4)18(14)23-5/h7-12,24H,6H2,1-5H3. The molecule has 0 heterocycles. The lowest BCUT2D eigenvalue weighted by molar-refractivity contribution is 0.341. The Bertz CT molecular complexity index is 705. The monoisotopic (exact) mass is 350 g/mol. The summed E-state index contributed by atoms with van der Waals surface area (Å²) in [6, 6.07) is 10.7. The van der Waals surface area contributed by atoms with Crippen LogP contribution in [0, 0.1) is 5.82 Å². The van der Waals surface area contributed by atoms with E-state index in [9.17, 15) is 4.39 Å². The third kappa shape index (κ3) is 3.64. The van der Waals surface area contributed by atoms with Crippen molar-refractivity contribution in [3.63, 3.8) is 0 Å². The molecule has 0 fully saturated rings. The fraction of sp³-hybridized carbons (Fsp3) is 0.368. The number of benzene rings is 2. The second kappa shape index (κ2) is 7.85. The van der Waals surface area contributed by atoms with E-state index in [1.165, 1.54) is 6.07 Å². The Balaban J connectivity index is 2.58. The van der Waals surface area contributed by atoms with Crippen LogP contribution in [0.4, 0.5) is 4.39 Å². The summed E-state index contributed by atoms with van der Waals surface area (Å²) in [6.07, 6.45) is 0.826. The molecule has 0 amide bonds. The summed E-state index contributed by atoms with van der Waals surface area (Å²) in [5.41, 5.74) is 0.963. The minimum atomic E-state index is -0.296. The first-order valence-electron chi connectivity index (χ1n) is 7.82. The number of methoxy groups -OCH3 is 3. The Kier molecular flexibility index (Phi) is 6.06. The molecule has 0 N–H and O–H groups in total. The van der Waals surface area contributed by atoms with Crippen molar-refractivity contribution in [2.45, 2.75) is 25.4 Å². The van der Waals surface area contributed by atoms with Gasteiger partial charge >= 0.3 is 0 Å². The fourth-order valence-corrected chi connectivity index (χ4v) is 4.15. The summed E-state index contributed by atoms with van der Waals surface area (Å²) in [6.45, 7) is 4.22. The van der Waals surface area contributed by atoms with Crippen LogP contribution >= 0.6 is 8.58 Å². The Labute approximate surface area is 144 Å². The van der Waals surface area contributed by atoms with Gasteiger partial charge in [0.05, 0.1) is 21.3 Å². The van der Waals surface area contributed by atoms with Gasteiger partial charge in [0, 0.05) is 22.1 Å². The van der Waals surface area contributed by atoms with Crippen molar-refractivity contribution >= 4 is 13.9 Å². The summed E-state index contributed by atoms with van der Waals surface area (Å²) < 4.78 is 30.6. The number of ether oxygens (including phenoxy) is 3. The zero-order chi connectivity index (χ0) is 17.7. The lowest BCUT2D eigenvalue weighted by atomic mass is 9.95. The van der Waals surface area contributed by atoms with Gasteiger partial charge in [0.1, 0.15) is 11.6 Å². The molecule has 0 aliphatic heterocycles. The molecule has 0 saturated heterocycles. The normalized spacial score (nSPS) is 13.8. The maximum absolute atomic E-state index is 14.2. The maximum Gasteiger partial charge on any atom is 0.165 e. The highest BCUT2D eigenvalue weighted by molar-refractivity contribution is 7.48. The van der Waals surface area contributed by atoms with Gasteiger partial charge in [-0.15, -0.1) is 0 Å². The molecule has 2 rings (SSSR count). The van der Waals surface area contributed by atoms with Gasteiger partial charge < -0.3 is 14.2 Å². The van der Waals surface area contributed by atoms with Crippen LogP contribution in [0.2, 0.25) is 0 Å². The van der Waals surface area contributed by atoms with Gasteiger partial charge in [0.2, 0.25) is 0 Å². The Morgan fingerprint density at radius 2 is 1.75 bits per heavy atom. The molecule has 0 aliphatic carbocycles. The molecule has 0 bridgehead atoms. The molecule has 2 unspecified atom stereocenters. The number of halogens is 1. The maximum atomic E-state index is 14.2. The van der Waals surface area contributed by atoms with Crippen molar-refractivity contribution in [2.75, 3.05) is 21.3 Å². The van der Waals surface area contributed by atoms with E-state index < -0.39 is 0 Å². The predicted octanol–water partition coefficient (Wildman–Crippen LogP) is 4.48. The van der Waals surface area contributed by atoms with Crippen LogP contribution in [0.5, 0.6) is 17.2 Å². The minimum Gasteiger partial charge on any atom is -0.497 e. The second-order valence-corrected chi connectivity index (χ2v) is 7.59. The topological polar surface area (TPSA) is 27.7 Å². The first-order valence-corrected chi connectivity index (χ1v) is 8.82. The molecule has 130 valence electrons. The van der Waals surface area contributed by atoms with Crippen molar-refractivity contribution in [1.82, 2.24) is 0 Å². The smallest absolute Gasteiger partial charge is 0.165 e. The van der Waals surface area contributed by atoms with Gasteiger partial charge in [-0.1, -0.05) is 40.6 Å². The fourth-order valence-electron chi connectivity index (χ4n) is 2.67. The molecule has 0 spiro atoms. The van der Waals surface area contributed by atoms with E-state index in [-0.39, 0.29) is 19.6 Å². The number of rotatable bonds is 7. The third-order valence-electron chi connectivity index (χ3n) is 4.27. The van der Waals surface area contributed by atoms with Crippen LogP contribution in [0.25, 0.3) is 0 Å². The molecule has 0 radical (unpaired) electrons. The highest BCUT2D eigenvalue weighted by Crippen LogP contribution is 2.51. The van der Waals surface area contributed by atoms with Gasteiger partial charge in [-0.3, -0.25) is 0 Å². The van der Waals surface area contributed by atoms with Crippen LogP contribution in [-0.2, 0) is 5.16 Å². The van der Waals surface area contributed by atoms with Crippen LogP contribution in [-0.4, -0.2) is 21.3 Å². The molecule has 24 heavy (non-hydrogen) atoms. The Morgan fingerprint density at radius 1 is 1.04 bits per heavy atom. The Hall–Kier alpha value is -1.80. The van der Waals surface area contributed by atoms with Crippen molar-refractivity contribution in [1.29, 1.82) is 0 Å². The SMILES string of the molecule is CCC(C)(Pc1ccccc1F)c1cc(OC)cc(OC)c1OC. The second-order valence-electron chi connectivity index (χ2n) is 5.70. The largest absolute Gasteiger partial charge is 0.497 e. The summed E-state index contributed by atoms with van der Waals surface area (Å²) in [5.74, 6) is 1.81. The summed E-state index contributed by atoms with van der Waals surface area (Å²) >= 11 is 0. The minimum absolute atomic E-state index is 0.177. The van der Waals surface area contributed by atoms with Gasteiger partial charge in [-0.05, 0) is 18.6 Å². The van der Waals surface area contributed by atoms with Crippen LogP contribution in [0.1, 0.15) is 25.8 Å². The highest BCUT2D eigenvalue weighted by Gasteiger charge is 2.32. The van der Waals surface area contributed by atoms with Crippen LogP contribution in [0.3, 0.4) is 0 Å². The molecule has 0 aromatic heterocycles. The van der Waals surface area contributed by atoms with Crippen molar-refractivity contribution in [2.24, 2.45) is 0 Å². The molecule has 2 aromatic rings. The third-order valence-corrected chi connectivity index (χ3v) is 6.12. The molecule has 3 nitrogen and oxygen atoms in total. The lowest BCUT2D eigenvalue weighted by Crippen LogP contribution is -2.21. The van der Waals surface area contributed by atoms with Gasteiger partial charge in [0.15, 0.2) is 11.5 Å². The molecule has 0 aliphatic rings. The molecule has 0 saturated carbocycles. The van der Waals surface area contributed by atoms with E-state index in [4.69, 9.17) is 14.2 Å². The predicted molar refractivity (Wildman–Crippen MR) is 98.1 cm³/mol.